The maximum absolute atomic E-state index is 12.9. The van der Waals surface area contributed by atoms with Gasteiger partial charge in [-0.1, -0.05) is 67.9 Å². The maximum Gasteiger partial charge on any atom is 0.255 e. The fourth-order valence-corrected chi connectivity index (χ4v) is 3.64. The quantitative estimate of drug-likeness (QED) is 0.415. The first-order valence-corrected chi connectivity index (χ1v) is 11.2. The summed E-state index contributed by atoms with van der Waals surface area (Å²) in [6, 6.07) is 20.6. The number of nitrogens with one attached hydrogen (secondary N) is 2. The summed E-state index contributed by atoms with van der Waals surface area (Å²) in [5.41, 5.74) is 4.73. The Kier molecular flexibility index (Phi) is 7.70. The molecule has 1 atom stereocenters. The third-order valence-corrected chi connectivity index (χ3v) is 5.73. The summed E-state index contributed by atoms with van der Waals surface area (Å²) in [5.74, 6) is -0.220. The van der Waals surface area contributed by atoms with Gasteiger partial charge in [-0.05, 0) is 67.1 Å². The van der Waals surface area contributed by atoms with Crippen LogP contribution >= 0.6 is 11.6 Å². The second kappa shape index (κ2) is 10.5. The van der Waals surface area contributed by atoms with E-state index in [0.29, 0.717) is 22.2 Å². The summed E-state index contributed by atoms with van der Waals surface area (Å²) in [4.78, 5) is 25.6. The van der Waals surface area contributed by atoms with Crippen molar-refractivity contribution in [2.24, 2.45) is 5.92 Å². The Bertz CT molecular complexity index is 1110. The minimum absolute atomic E-state index is 0.181. The first-order valence-electron chi connectivity index (χ1n) is 10.8. The second-order valence-electron chi connectivity index (χ2n) is 8.51. The lowest BCUT2D eigenvalue weighted by atomic mass is 9.96. The molecule has 0 aliphatic carbocycles. The molecule has 0 spiro atoms. The van der Waals surface area contributed by atoms with Crippen LogP contribution in [0.2, 0.25) is 5.02 Å². The van der Waals surface area contributed by atoms with Crippen LogP contribution in [0.4, 0.5) is 11.4 Å². The number of carbonyl (C=O) groups is 2. The lowest BCUT2D eigenvalue weighted by molar-refractivity contribution is -0.117. The van der Waals surface area contributed by atoms with Crippen LogP contribution in [-0.4, -0.2) is 11.8 Å². The fourth-order valence-electron chi connectivity index (χ4n) is 3.48. The Labute approximate surface area is 195 Å². The summed E-state index contributed by atoms with van der Waals surface area (Å²) in [7, 11) is 0. The molecule has 0 saturated heterocycles. The van der Waals surface area contributed by atoms with Gasteiger partial charge in [0.2, 0.25) is 5.91 Å². The largest absolute Gasteiger partial charge is 0.324 e. The number of rotatable bonds is 7. The molecule has 2 N–H and O–H groups in total. The number of aryl methyl sites for hydroxylation is 1. The number of halogens is 1. The van der Waals surface area contributed by atoms with Gasteiger partial charge < -0.3 is 10.6 Å². The number of benzene rings is 3. The van der Waals surface area contributed by atoms with Crippen molar-refractivity contribution in [2.75, 3.05) is 10.6 Å². The molecule has 3 aromatic carbocycles. The summed E-state index contributed by atoms with van der Waals surface area (Å²) >= 11 is 6.30. The molecule has 3 rings (SSSR count). The number of hydrogen-bond donors (Lipinski definition) is 2. The number of amides is 2. The van der Waals surface area contributed by atoms with E-state index in [-0.39, 0.29) is 17.7 Å². The Morgan fingerprint density at radius 3 is 2.22 bits per heavy atom. The summed E-state index contributed by atoms with van der Waals surface area (Å²) < 4.78 is 0. The average Bonchev–Trinajstić information content (AvgIpc) is 2.76. The van der Waals surface area contributed by atoms with Gasteiger partial charge in [0.15, 0.2) is 0 Å². The summed E-state index contributed by atoms with van der Waals surface area (Å²) in [6.45, 7) is 8.15. The maximum atomic E-state index is 12.9. The van der Waals surface area contributed by atoms with Crippen molar-refractivity contribution in [1.82, 2.24) is 0 Å². The van der Waals surface area contributed by atoms with Gasteiger partial charge in [0.25, 0.3) is 5.91 Å². The lowest BCUT2D eigenvalue weighted by Gasteiger charge is -2.15. The topological polar surface area (TPSA) is 58.2 Å². The monoisotopic (exact) mass is 448 g/mol. The molecule has 0 aromatic heterocycles. The zero-order valence-corrected chi connectivity index (χ0v) is 19.7. The van der Waals surface area contributed by atoms with E-state index in [1.165, 1.54) is 5.56 Å². The predicted octanol–water partition coefficient (Wildman–Crippen LogP) is 6.84. The fraction of sp³-hybridized carbons (Fsp3) is 0.259. The molecule has 5 heteroatoms. The highest BCUT2D eigenvalue weighted by Crippen LogP contribution is 2.26. The molecule has 0 saturated carbocycles. The standard InChI is InChI=1S/C27H29ClN2O2/c1-17(2)15-20-9-11-21(12-10-20)19(4)26(31)30-25-16-22(13-14-23(25)28)27(32)29-24-8-6-5-7-18(24)3/h5-14,16-17,19H,15H2,1-4H3,(H,29,32)(H,30,31). The highest BCUT2D eigenvalue weighted by Gasteiger charge is 2.18. The first kappa shape index (κ1) is 23.6. The van der Waals surface area contributed by atoms with Gasteiger partial charge in [0, 0.05) is 11.3 Å². The molecule has 0 aliphatic heterocycles. The van der Waals surface area contributed by atoms with Crippen molar-refractivity contribution >= 4 is 34.8 Å². The van der Waals surface area contributed by atoms with Crippen LogP contribution in [0.1, 0.15) is 53.7 Å². The van der Waals surface area contributed by atoms with Crippen LogP contribution in [0, 0.1) is 12.8 Å². The Morgan fingerprint density at radius 1 is 0.875 bits per heavy atom. The minimum Gasteiger partial charge on any atom is -0.324 e. The number of para-hydroxylation sites is 1. The van der Waals surface area contributed by atoms with Crippen molar-refractivity contribution < 1.29 is 9.59 Å². The molecule has 1 unspecified atom stereocenters. The van der Waals surface area contributed by atoms with Gasteiger partial charge in [0.1, 0.15) is 0 Å². The molecular weight excluding hydrogens is 420 g/mol. The van der Waals surface area contributed by atoms with Gasteiger partial charge in [-0.3, -0.25) is 9.59 Å². The smallest absolute Gasteiger partial charge is 0.255 e. The van der Waals surface area contributed by atoms with E-state index in [4.69, 9.17) is 11.6 Å². The normalized spacial score (nSPS) is 11.8. The van der Waals surface area contributed by atoms with E-state index in [1.54, 1.807) is 18.2 Å². The number of hydrogen-bond acceptors (Lipinski definition) is 2. The number of carbonyl (C=O) groups excluding carboxylic acids is 2. The summed E-state index contributed by atoms with van der Waals surface area (Å²) in [6.07, 6.45) is 1.01. The molecule has 0 heterocycles. The van der Waals surface area contributed by atoms with E-state index >= 15 is 0 Å². The number of anilines is 2. The van der Waals surface area contributed by atoms with Crippen LogP contribution in [0.5, 0.6) is 0 Å². The predicted molar refractivity (Wildman–Crippen MR) is 133 cm³/mol. The van der Waals surface area contributed by atoms with Crippen LogP contribution in [0.15, 0.2) is 66.7 Å². The van der Waals surface area contributed by atoms with Gasteiger partial charge in [-0.25, -0.2) is 0 Å². The van der Waals surface area contributed by atoms with E-state index in [1.807, 2.05) is 50.2 Å². The highest BCUT2D eigenvalue weighted by atomic mass is 35.5. The highest BCUT2D eigenvalue weighted by molar-refractivity contribution is 6.34. The van der Waals surface area contributed by atoms with Gasteiger partial charge in [-0.15, -0.1) is 0 Å². The van der Waals surface area contributed by atoms with E-state index in [2.05, 4.69) is 36.6 Å². The average molecular weight is 449 g/mol. The Balaban J connectivity index is 1.72. The van der Waals surface area contributed by atoms with Crippen molar-refractivity contribution in [3.05, 3.63) is 94.0 Å². The van der Waals surface area contributed by atoms with Gasteiger partial charge in [0.05, 0.1) is 16.6 Å². The molecule has 32 heavy (non-hydrogen) atoms. The van der Waals surface area contributed by atoms with E-state index in [0.717, 1.165) is 23.2 Å². The van der Waals surface area contributed by atoms with Crippen LogP contribution in [0.3, 0.4) is 0 Å². The van der Waals surface area contributed by atoms with Gasteiger partial charge >= 0.3 is 0 Å². The zero-order valence-electron chi connectivity index (χ0n) is 18.9. The minimum atomic E-state index is -0.358. The van der Waals surface area contributed by atoms with Crippen LogP contribution in [-0.2, 0) is 11.2 Å². The van der Waals surface area contributed by atoms with Crippen molar-refractivity contribution in [3.63, 3.8) is 0 Å². The molecule has 166 valence electrons. The molecule has 3 aromatic rings. The summed E-state index contributed by atoms with van der Waals surface area (Å²) in [5, 5.41) is 6.15. The van der Waals surface area contributed by atoms with E-state index in [9.17, 15) is 9.59 Å². The first-order chi connectivity index (χ1) is 15.2. The molecular formula is C27H29ClN2O2. The van der Waals surface area contributed by atoms with Crippen LogP contribution < -0.4 is 10.6 Å². The van der Waals surface area contributed by atoms with Crippen molar-refractivity contribution in [3.8, 4) is 0 Å². The van der Waals surface area contributed by atoms with Crippen molar-refractivity contribution in [2.45, 2.75) is 40.0 Å². The molecule has 0 radical (unpaired) electrons. The molecule has 0 bridgehead atoms. The third-order valence-electron chi connectivity index (χ3n) is 5.40. The lowest BCUT2D eigenvalue weighted by Crippen LogP contribution is -2.20. The Hall–Kier alpha value is -3.11. The Morgan fingerprint density at radius 2 is 1.56 bits per heavy atom. The van der Waals surface area contributed by atoms with E-state index < -0.39 is 0 Å². The second-order valence-corrected chi connectivity index (χ2v) is 8.92. The molecule has 4 nitrogen and oxygen atoms in total. The molecule has 2 amide bonds. The molecule has 0 fully saturated rings. The molecule has 0 aliphatic rings. The van der Waals surface area contributed by atoms with Crippen molar-refractivity contribution in [1.29, 1.82) is 0 Å². The zero-order chi connectivity index (χ0) is 23.3. The van der Waals surface area contributed by atoms with Crippen LogP contribution in [0.25, 0.3) is 0 Å². The SMILES string of the molecule is Cc1ccccc1NC(=O)c1ccc(Cl)c(NC(=O)C(C)c2ccc(CC(C)C)cc2)c1. The third kappa shape index (κ3) is 5.98. The van der Waals surface area contributed by atoms with Gasteiger partial charge in [-0.2, -0.15) is 0 Å².